The Morgan fingerprint density at radius 3 is 2.56 bits per heavy atom. The van der Waals surface area contributed by atoms with Crippen molar-refractivity contribution < 1.29 is 0 Å². The van der Waals surface area contributed by atoms with Crippen LogP contribution in [0.2, 0.25) is 9.49 Å². The zero-order valence-electron chi connectivity index (χ0n) is 9.88. The lowest BCUT2D eigenvalue weighted by atomic mass is 10.1. The summed E-state index contributed by atoms with van der Waals surface area (Å²) in [5, 5.41) is 0.445. The molecule has 6 heteroatoms. The SMILES string of the molecule is CC(C)Cc1nc(-c2ccc(Cl)s2)nc(Cl)c1Br. The Labute approximate surface area is 129 Å². The molecule has 0 spiro atoms. The summed E-state index contributed by atoms with van der Waals surface area (Å²) < 4.78 is 1.50. The second-order valence-electron chi connectivity index (χ2n) is 4.30. The molecule has 0 saturated heterocycles. The maximum atomic E-state index is 6.13. The fourth-order valence-corrected chi connectivity index (χ4v) is 3.04. The van der Waals surface area contributed by atoms with Gasteiger partial charge in [0, 0.05) is 0 Å². The highest BCUT2D eigenvalue weighted by atomic mass is 79.9. The van der Waals surface area contributed by atoms with Crippen LogP contribution in [0.3, 0.4) is 0 Å². The third-order valence-electron chi connectivity index (χ3n) is 2.27. The quantitative estimate of drug-likeness (QED) is 0.673. The van der Waals surface area contributed by atoms with Crippen molar-refractivity contribution in [3.8, 4) is 10.7 Å². The van der Waals surface area contributed by atoms with E-state index in [9.17, 15) is 0 Å². The van der Waals surface area contributed by atoms with Crippen molar-refractivity contribution in [1.29, 1.82) is 0 Å². The molecule has 96 valence electrons. The molecule has 0 fully saturated rings. The fourth-order valence-electron chi connectivity index (χ4n) is 1.53. The first-order valence-corrected chi connectivity index (χ1v) is 7.81. The van der Waals surface area contributed by atoms with Crippen LogP contribution in [0.5, 0.6) is 0 Å². The third kappa shape index (κ3) is 3.23. The number of aromatic nitrogens is 2. The summed E-state index contributed by atoms with van der Waals surface area (Å²) in [5.41, 5.74) is 0.935. The topological polar surface area (TPSA) is 25.8 Å². The highest BCUT2D eigenvalue weighted by Crippen LogP contribution is 2.32. The molecule has 0 radical (unpaired) electrons. The third-order valence-corrected chi connectivity index (χ3v) is 4.84. The van der Waals surface area contributed by atoms with Gasteiger partial charge in [-0.1, -0.05) is 37.0 Å². The van der Waals surface area contributed by atoms with Crippen molar-refractivity contribution in [3.63, 3.8) is 0 Å². The summed E-state index contributed by atoms with van der Waals surface area (Å²) >= 11 is 16.9. The Kier molecular flexibility index (Phi) is 4.64. The summed E-state index contributed by atoms with van der Waals surface area (Å²) in [5.74, 6) is 1.14. The van der Waals surface area contributed by atoms with E-state index in [0.717, 1.165) is 25.8 Å². The zero-order chi connectivity index (χ0) is 13.3. The van der Waals surface area contributed by atoms with E-state index in [1.165, 1.54) is 11.3 Å². The van der Waals surface area contributed by atoms with Crippen LogP contribution in [0.1, 0.15) is 19.5 Å². The second kappa shape index (κ2) is 5.87. The van der Waals surface area contributed by atoms with Crippen LogP contribution in [0.25, 0.3) is 10.7 Å². The fraction of sp³-hybridized carbons (Fsp3) is 0.333. The summed E-state index contributed by atoms with van der Waals surface area (Å²) in [6.45, 7) is 4.29. The molecular formula is C12H11BrCl2N2S. The van der Waals surface area contributed by atoms with Crippen molar-refractivity contribution in [2.45, 2.75) is 20.3 Å². The van der Waals surface area contributed by atoms with E-state index in [-0.39, 0.29) is 0 Å². The maximum absolute atomic E-state index is 6.13. The van der Waals surface area contributed by atoms with Crippen molar-refractivity contribution in [2.75, 3.05) is 0 Å². The Hall–Kier alpha value is -0.160. The Bertz CT molecular complexity index is 569. The molecule has 2 rings (SSSR count). The summed E-state index contributed by atoms with van der Waals surface area (Å²) in [4.78, 5) is 9.78. The van der Waals surface area contributed by atoms with Crippen LogP contribution in [0, 0.1) is 5.92 Å². The molecule has 0 N–H and O–H groups in total. The second-order valence-corrected chi connectivity index (χ2v) is 7.17. The van der Waals surface area contributed by atoms with E-state index in [0.29, 0.717) is 16.9 Å². The molecule has 0 saturated carbocycles. The van der Waals surface area contributed by atoms with Crippen LogP contribution in [-0.2, 0) is 6.42 Å². The molecule has 0 unspecified atom stereocenters. The van der Waals surface area contributed by atoms with Crippen LogP contribution >= 0.6 is 50.5 Å². The van der Waals surface area contributed by atoms with Crippen LogP contribution in [0.4, 0.5) is 0 Å². The zero-order valence-corrected chi connectivity index (χ0v) is 13.8. The van der Waals surface area contributed by atoms with Gasteiger partial charge in [0.2, 0.25) is 0 Å². The Morgan fingerprint density at radius 2 is 2.00 bits per heavy atom. The van der Waals surface area contributed by atoms with Gasteiger partial charge in [0.05, 0.1) is 19.4 Å². The van der Waals surface area contributed by atoms with E-state index in [2.05, 4.69) is 39.7 Å². The average Bonchev–Trinajstić information content (AvgIpc) is 2.70. The van der Waals surface area contributed by atoms with Gasteiger partial charge in [0.1, 0.15) is 5.15 Å². The molecule has 0 aliphatic heterocycles. The Morgan fingerprint density at radius 1 is 1.28 bits per heavy atom. The molecule has 0 bridgehead atoms. The largest absolute Gasteiger partial charge is 0.231 e. The lowest BCUT2D eigenvalue weighted by molar-refractivity contribution is 0.632. The molecule has 2 nitrogen and oxygen atoms in total. The van der Waals surface area contributed by atoms with Crippen LogP contribution < -0.4 is 0 Å². The summed E-state index contributed by atoms with van der Waals surface area (Å²) in [7, 11) is 0. The van der Waals surface area contributed by atoms with Gasteiger partial charge in [0.15, 0.2) is 5.82 Å². The lowest BCUT2D eigenvalue weighted by Gasteiger charge is -2.09. The average molecular weight is 366 g/mol. The molecule has 18 heavy (non-hydrogen) atoms. The van der Waals surface area contributed by atoms with Crippen molar-refractivity contribution >= 4 is 50.5 Å². The molecule has 2 heterocycles. The lowest BCUT2D eigenvalue weighted by Crippen LogP contribution is -2.02. The predicted octanol–water partition coefficient (Wildman–Crippen LogP) is 5.47. The minimum atomic E-state index is 0.445. The highest BCUT2D eigenvalue weighted by Gasteiger charge is 2.14. The number of nitrogens with zero attached hydrogens (tertiary/aromatic N) is 2. The molecule has 0 aromatic carbocycles. The number of hydrogen-bond donors (Lipinski definition) is 0. The molecule has 0 amide bonds. The van der Waals surface area contributed by atoms with E-state index < -0.39 is 0 Å². The van der Waals surface area contributed by atoms with E-state index in [4.69, 9.17) is 23.2 Å². The van der Waals surface area contributed by atoms with Gasteiger partial charge < -0.3 is 0 Å². The van der Waals surface area contributed by atoms with Gasteiger partial charge in [-0.25, -0.2) is 9.97 Å². The normalized spacial score (nSPS) is 11.2. The van der Waals surface area contributed by atoms with Crippen molar-refractivity contribution in [3.05, 3.63) is 31.8 Å². The van der Waals surface area contributed by atoms with E-state index >= 15 is 0 Å². The number of thiophene rings is 1. The first-order valence-electron chi connectivity index (χ1n) is 5.45. The summed E-state index contributed by atoms with van der Waals surface area (Å²) in [6.07, 6.45) is 0.856. The first kappa shape index (κ1) is 14.3. The molecule has 0 aliphatic rings. The van der Waals surface area contributed by atoms with Gasteiger partial charge in [0.25, 0.3) is 0 Å². The summed E-state index contributed by atoms with van der Waals surface area (Å²) in [6, 6.07) is 3.74. The van der Waals surface area contributed by atoms with Crippen LogP contribution in [0.15, 0.2) is 16.6 Å². The predicted molar refractivity (Wildman–Crippen MR) is 81.6 cm³/mol. The molecule has 0 aliphatic carbocycles. The Balaban J connectivity index is 2.46. The van der Waals surface area contributed by atoms with E-state index in [1.54, 1.807) is 0 Å². The van der Waals surface area contributed by atoms with Gasteiger partial charge in [-0.05, 0) is 40.4 Å². The minimum Gasteiger partial charge on any atom is -0.231 e. The van der Waals surface area contributed by atoms with Crippen LogP contribution in [-0.4, -0.2) is 9.97 Å². The number of rotatable bonds is 3. The van der Waals surface area contributed by atoms with E-state index in [1.807, 2.05) is 12.1 Å². The maximum Gasteiger partial charge on any atom is 0.171 e. The van der Waals surface area contributed by atoms with Crippen molar-refractivity contribution in [2.24, 2.45) is 5.92 Å². The molecule has 0 atom stereocenters. The van der Waals surface area contributed by atoms with Gasteiger partial charge in [-0.15, -0.1) is 11.3 Å². The number of halogens is 3. The molecule has 2 aromatic heterocycles. The monoisotopic (exact) mass is 364 g/mol. The van der Waals surface area contributed by atoms with Crippen molar-refractivity contribution in [1.82, 2.24) is 9.97 Å². The van der Waals surface area contributed by atoms with Gasteiger partial charge >= 0.3 is 0 Å². The van der Waals surface area contributed by atoms with Gasteiger partial charge in [-0.2, -0.15) is 0 Å². The van der Waals surface area contributed by atoms with Gasteiger partial charge in [-0.3, -0.25) is 0 Å². The highest BCUT2D eigenvalue weighted by molar-refractivity contribution is 9.10. The standard InChI is InChI=1S/C12H11BrCl2N2S/c1-6(2)5-7-10(13)11(15)17-12(16-7)8-3-4-9(14)18-8/h3-4,6H,5H2,1-2H3. The smallest absolute Gasteiger partial charge is 0.171 e. The molecule has 2 aromatic rings. The molecular weight excluding hydrogens is 355 g/mol. The number of hydrogen-bond acceptors (Lipinski definition) is 3. The first-order chi connectivity index (χ1) is 8.47. The minimum absolute atomic E-state index is 0.445.